The number of pyridine rings is 1. The molecule has 0 aliphatic carbocycles. The van der Waals surface area contributed by atoms with Crippen molar-refractivity contribution in [2.75, 3.05) is 18.4 Å². The second-order valence-corrected chi connectivity index (χ2v) is 6.08. The number of benzene rings is 1. The molecular formula is C17H18ClN3O2. The Bertz CT molecular complexity index is 665. The quantitative estimate of drug-likeness (QED) is 0.878. The molecule has 0 bridgehead atoms. The topological polar surface area (TPSA) is 65.5 Å². The Kier molecular flexibility index (Phi) is 4.67. The Balaban J connectivity index is 1.54. The highest BCUT2D eigenvalue weighted by Gasteiger charge is 2.24. The fraction of sp³-hybridized carbons (Fsp3) is 0.294. The van der Waals surface area contributed by atoms with E-state index < -0.39 is 0 Å². The van der Waals surface area contributed by atoms with E-state index >= 15 is 0 Å². The number of hydrogen-bond donors (Lipinski definition) is 2. The van der Waals surface area contributed by atoms with Crippen LogP contribution in [0.1, 0.15) is 24.3 Å². The maximum absolute atomic E-state index is 12.2. The number of carbonyl (C=O) groups excluding carboxylic acids is 1. The fourth-order valence-corrected chi connectivity index (χ4v) is 2.93. The van der Waals surface area contributed by atoms with E-state index in [0.717, 1.165) is 17.9 Å². The minimum atomic E-state index is -0.155. The molecule has 0 unspecified atom stereocenters. The van der Waals surface area contributed by atoms with Crippen molar-refractivity contribution in [3.8, 4) is 5.75 Å². The number of nitrogens with zero attached hydrogens (tertiary/aromatic N) is 2. The lowest BCUT2D eigenvalue weighted by Crippen LogP contribution is -2.40. The van der Waals surface area contributed by atoms with E-state index in [0.29, 0.717) is 24.8 Å². The molecule has 0 spiro atoms. The highest BCUT2D eigenvalue weighted by atomic mass is 35.5. The van der Waals surface area contributed by atoms with Crippen molar-refractivity contribution in [3.63, 3.8) is 0 Å². The van der Waals surface area contributed by atoms with Crippen LogP contribution in [-0.4, -0.2) is 34.1 Å². The molecule has 2 N–H and O–H groups in total. The number of anilines is 1. The highest BCUT2D eigenvalue weighted by Crippen LogP contribution is 2.29. The monoisotopic (exact) mass is 331 g/mol. The van der Waals surface area contributed by atoms with Crippen LogP contribution in [-0.2, 0) is 0 Å². The molecule has 2 heterocycles. The van der Waals surface area contributed by atoms with Gasteiger partial charge in [-0.15, -0.1) is 0 Å². The number of nitrogens with one attached hydrogen (secondary N) is 1. The lowest BCUT2D eigenvalue weighted by atomic mass is 9.90. The summed E-state index contributed by atoms with van der Waals surface area (Å²) in [6.45, 7) is 1.41. The first-order chi connectivity index (χ1) is 11.1. The molecule has 5 nitrogen and oxygen atoms in total. The minimum absolute atomic E-state index is 0.0757. The van der Waals surface area contributed by atoms with Gasteiger partial charge in [-0.1, -0.05) is 23.7 Å². The van der Waals surface area contributed by atoms with Crippen LogP contribution in [0.4, 0.5) is 10.6 Å². The molecule has 0 saturated carbocycles. The first-order valence-corrected chi connectivity index (χ1v) is 7.96. The van der Waals surface area contributed by atoms with Crippen LogP contribution in [0, 0.1) is 0 Å². The zero-order valence-corrected chi connectivity index (χ0v) is 13.3. The number of piperidine rings is 1. The normalized spacial score (nSPS) is 15.4. The number of halogens is 1. The molecule has 6 heteroatoms. The molecule has 120 valence electrons. The number of hydrogen-bond acceptors (Lipinski definition) is 3. The van der Waals surface area contributed by atoms with Gasteiger partial charge in [0.2, 0.25) is 0 Å². The van der Waals surface area contributed by atoms with Crippen LogP contribution in [0.25, 0.3) is 0 Å². The molecule has 2 amide bonds. The van der Waals surface area contributed by atoms with E-state index in [1.807, 2.05) is 12.1 Å². The Hall–Kier alpha value is -2.27. The molecule has 3 rings (SSSR count). The molecule has 1 fully saturated rings. The summed E-state index contributed by atoms with van der Waals surface area (Å²) in [5.41, 5.74) is 1.27. The molecule has 2 aromatic rings. The molecule has 23 heavy (non-hydrogen) atoms. The smallest absolute Gasteiger partial charge is 0.323 e. The molecule has 0 radical (unpaired) electrons. The van der Waals surface area contributed by atoms with Gasteiger partial charge in [-0.25, -0.2) is 9.78 Å². The number of likely N-dealkylation sites (tertiary alicyclic amines) is 1. The Morgan fingerprint density at radius 3 is 2.48 bits per heavy atom. The van der Waals surface area contributed by atoms with E-state index in [4.69, 9.17) is 11.6 Å². The first-order valence-electron chi connectivity index (χ1n) is 7.58. The Morgan fingerprint density at radius 1 is 1.17 bits per heavy atom. The SMILES string of the molecule is O=C(Nc1ccc(O)cn1)N1CCC(c2ccc(Cl)cc2)CC1. The van der Waals surface area contributed by atoms with Gasteiger partial charge >= 0.3 is 6.03 Å². The van der Waals surface area contributed by atoms with Crippen molar-refractivity contribution in [2.45, 2.75) is 18.8 Å². The lowest BCUT2D eigenvalue weighted by Gasteiger charge is -2.32. The maximum Gasteiger partial charge on any atom is 0.323 e. The zero-order chi connectivity index (χ0) is 16.2. The standard InChI is InChI=1S/C17H18ClN3O2/c18-14-3-1-12(2-4-14)13-7-9-21(10-8-13)17(23)20-16-6-5-15(22)11-19-16/h1-6,11,13,22H,7-10H2,(H,19,20,23). The largest absolute Gasteiger partial charge is 0.506 e. The zero-order valence-electron chi connectivity index (χ0n) is 12.6. The molecule has 1 aliphatic rings. The average molecular weight is 332 g/mol. The summed E-state index contributed by atoms with van der Waals surface area (Å²) in [5, 5.41) is 12.7. The van der Waals surface area contributed by atoms with E-state index in [1.165, 1.54) is 17.8 Å². The number of amides is 2. The van der Waals surface area contributed by atoms with E-state index in [2.05, 4.69) is 22.4 Å². The maximum atomic E-state index is 12.2. The van der Waals surface area contributed by atoms with Crippen LogP contribution >= 0.6 is 11.6 Å². The summed E-state index contributed by atoms with van der Waals surface area (Å²) in [5.74, 6) is 0.975. The van der Waals surface area contributed by atoms with Crippen molar-refractivity contribution in [3.05, 3.63) is 53.2 Å². The third-order valence-electron chi connectivity index (χ3n) is 4.11. The van der Waals surface area contributed by atoms with Crippen LogP contribution in [0.3, 0.4) is 0 Å². The molecule has 1 aromatic carbocycles. The summed E-state index contributed by atoms with van der Waals surface area (Å²) >= 11 is 5.92. The van der Waals surface area contributed by atoms with Gasteiger partial charge in [-0.2, -0.15) is 0 Å². The minimum Gasteiger partial charge on any atom is -0.506 e. The van der Waals surface area contributed by atoms with Crippen LogP contribution in [0.2, 0.25) is 5.02 Å². The van der Waals surface area contributed by atoms with Crippen LogP contribution in [0.15, 0.2) is 42.6 Å². The summed E-state index contributed by atoms with van der Waals surface area (Å²) in [6, 6.07) is 10.9. The second kappa shape index (κ2) is 6.87. The number of urea groups is 1. The van der Waals surface area contributed by atoms with Gasteiger partial charge in [-0.05, 0) is 48.6 Å². The van der Waals surface area contributed by atoms with Crippen molar-refractivity contribution >= 4 is 23.4 Å². The number of rotatable bonds is 2. The van der Waals surface area contributed by atoms with Crippen LogP contribution < -0.4 is 5.32 Å². The van der Waals surface area contributed by atoms with Crippen LogP contribution in [0.5, 0.6) is 5.75 Å². The van der Waals surface area contributed by atoms with E-state index in [-0.39, 0.29) is 11.8 Å². The molecular weight excluding hydrogens is 314 g/mol. The molecule has 1 aliphatic heterocycles. The van der Waals surface area contributed by atoms with Crippen molar-refractivity contribution in [1.82, 2.24) is 9.88 Å². The number of aromatic hydroxyl groups is 1. The van der Waals surface area contributed by atoms with Crippen molar-refractivity contribution in [1.29, 1.82) is 0 Å². The second-order valence-electron chi connectivity index (χ2n) is 5.64. The summed E-state index contributed by atoms with van der Waals surface area (Å²) in [7, 11) is 0. The van der Waals surface area contributed by atoms with E-state index in [1.54, 1.807) is 11.0 Å². The lowest BCUT2D eigenvalue weighted by molar-refractivity contribution is 0.194. The molecule has 0 atom stereocenters. The number of aromatic nitrogens is 1. The molecule has 1 saturated heterocycles. The van der Waals surface area contributed by atoms with E-state index in [9.17, 15) is 9.90 Å². The van der Waals surface area contributed by atoms with Gasteiger partial charge < -0.3 is 10.0 Å². The van der Waals surface area contributed by atoms with Gasteiger partial charge in [-0.3, -0.25) is 5.32 Å². The third-order valence-corrected chi connectivity index (χ3v) is 4.36. The number of carbonyl (C=O) groups is 1. The van der Waals surface area contributed by atoms with Crippen molar-refractivity contribution in [2.24, 2.45) is 0 Å². The van der Waals surface area contributed by atoms with Gasteiger partial charge in [0.25, 0.3) is 0 Å². The summed E-state index contributed by atoms with van der Waals surface area (Å²) < 4.78 is 0. The van der Waals surface area contributed by atoms with Gasteiger partial charge in [0, 0.05) is 18.1 Å². The fourth-order valence-electron chi connectivity index (χ4n) is 2.80. The first kappa shape index (κ1) is 15.6. The van der Waals surface area contributed by atoms with Gasteiger partial charge in [0.15, 0.2) is 0 Å². The average Bonchev–Trinajstić information content (AvgIpc) is 2.58. The van der Waals surface area contributed by atoms with Gasteiger partial charge in [0.05, 0.1) is 6.20 Å². The summed E-state index contributed by atoms with van der Waals surface area (Å²) in [6.07, 6.45) is 3.17. The Morgan fingerprint density at radius 2 is 1.87 bits per heavy atom. The predicted molar refractivity (Wildman–Crippen MR) is 89.9 cm³/mol. The Labute approximate surface area is 139 Å². The predicted octanol–water partition coefficient (Wildman–Crippen LogP) is 3.85. The summed E-state index contributed by atoms with van der Waals surface area (Å²) in [4.78, 5) is 18.0. The van der Waals surface area contributed by atoms with Crippen molar-refractivity contribution < 1.29 is 9.90 Å². The third kappa shape index (κ3) is 3.93. The van der Waals surface area contributed by atoms with Gasteiger partial charge in [0.1, 0.15) is 11.6 Å². The highest BCUT2D eigenvalue weighted by molar-refractivity contribution is 6.30. The molecule has 1 aromatic heterocycles.